The van der Waals surface area contributed by atoms with Crippen molar-refractivity contribution >= 4 is 40.9 Å². The first-order valence-corrected chi connectivity index (χ1v) is 7.47. The van der Waals surface area contributed by atoms with Crippen molar-refractivity contribution in [3.8, 4) is 0 Å². The molecule has 1 amide bonds. The van der Waals surface area contributed by atoms with E-state index in [1.165, 1.54) is 36.4 Å². The fourth-order valence-corrected chi connectivity index (χ4v) is 2.02. The van der Waals surface area contributed by atoms with Crippen LogP contribution in [0.25, 0.3) is 6.08 Å². The topological polar surface area (TPSA) is 98.5 Å². The zero-order valence-electron chi connectivity index (χ0n) is 12.8. The highest BCUT2D eigenvalue weighted by Gasteiger charge is 2.08. The van der Waals surface area contributed by atoms with Crippen LogP contribution in [0.2, 0.25) is 5.02 Å². The third-order valence-corrected chi connectivity index (χ3v) is 3.36. The van der Waals surface area contributed by atoms with Crippen molar-refractivity contribution in [3.63, 3.8) is 0 Å². The van der Waals surface area contributed by atoms with Gasteiger partial charge in [0.15, 0.2) is 6.61 Å². The number of hydrogen-bond donors (Lipinski definition) is 1. The number of nitrogens with one attached hydrogen (secondary N) is 1. The van der Waals surface area contributed by atoms with Crippen molar-refractivity contribution in [1.82, 2.24) is 0 Å². The average Bonchev–Trinajstić information content (AvgIpc) is 2.59. The van der Waals surface area contributed by atoms with Gasteiger partial charge in [-0.05, 0) is 29.8 Å². The Morgan fingerprint density at radius 2 is 1.84 bits per heavy atom. The third kappa shape index (κ3) is 5.74. The van der Waals surface area contributed by atoms with E-state index >= 15 is 0 Å². The molecule has 1 N–H and O–H groups in total. The van der Waals surface area contributed by atoms with E-state index in [4.69, 9.17) is 16.3 Å². The largest absolute Gasteiger partial charge is 0.452 e. The highest BCUT2D eigenvalue weighted by molar-refractivity contribution is 6.32. The van der Waals surface area contributed by atoms with Gasteiger partial charge in [-0.25, -0.2) is 4.79 Å². The van der Waals surface area contributed by atoms with Gasteiger partial charge in [-0.1, -0.05) is 29.8 Å². The average molecular weight is 361 g/mol. The lowest BCUT2D eigenvalue weighted by Gasteiger charge is -2.05. The number of amides is 1. The molecule has 2 aromatic carbocycles. The van der Waals surface area contributed by atoms with Crippen LogP contribution in [-0.2, 0) is 14.3 Å². The molecule has 7 nitrogen and oxygen atoms in total. The van der Waals surface area contributed by atoms with Crippen LogP contribution >= 0.6 is 11.6 Å². The van der Waals surface area contributed by atoms with Gasteiger partial charge in [-0.15, -0.1) is 0 Å². The summed E-state index contributed by atoms with van der Waals surface area (Å²) in [5.74, 6) is -1.26. The summed E-state index contributed by atoms with van der Waals surface area (Å²) in [5.41, 5.74) is 0.920. The molecule has 25 heavy (non-hydrogen) atoms. The molecule has 0 aliphatic rings. The first-order chi connectivity index (χ1) is 12.0. The number of nitrogens with zero attached hydrogens (tertiary/aromatic N) is 1. The van der Waals surface area contributed by atoms with E-state index in [2.05, 4.69) is 5.32 Å². The molecule has 0 spiro atoms. The molecule has 0 aromatic heterocycles. The molecule has 0 saturated heterocycles. The molecule has 0 radical (unpaired) electrons. The Labute approximate surface area is 148 Å². The summed E-state index contributed by atoms with van der Waals surface area (Å²) in [5, 5.41) is 13.5. The van der Waals surface area contributed by atoms with Crippen LogP contribution < -0.4 is 5.32 Å². The number of anilines is 1. The fourth-order valence-electron chi connectivity index (χ4n) is 1.82. The number of benzene rings is 2. The van der Waals surface area contributed by atoms with E-state index in [1.54, 1.807) is 24.3 Å². The minimum Gasteiger partial charge on any atom is -0.452 e. The Morgan fingerprint density at radius 3 is 2.48 bits per heavy atom. The van der Waals surface area contributed by atoms with E-state index in [0.717, 1.165) is 0 Å². The molecule has 0 aliphatic carbocycles. The highest BCUT2D eigenvalue weighted by Crippen LogP contribution is 2.16. The predicted molar refractivity (Wildman–Crippen MR) is 93.2 cm³/mol. The predicted octanol–water partition coefficient (Wildman–Crippen LogP) is 3.44. The quantitative estimate of drug-likeness (QED) is 0.368. The molecule has 0 saturated carbocycles. The normalized spacial score (nSPS) is 10.4. The van der Waals surface area contributed by atoms with Gasteiger partial charge in [-0.3, -0.25) is 14.9 Å². The summed E-state index contributed by atoms with van der Waals surface area (Å²) in [6.07, 6.45) is 2.65. The highest BCUT2D eigenvalue weighted by atomic mass is 35.5. The lowest BCUT2D eigenvalue weighted by atomic mass is 10.2. The molecule has 0 bridgehead atoms. The molecule has 0 atom stereocenters. The molecular weight excluding hydrogens is 348 g/mol. The van der Waals surface area contributed by atoms with E-state index < -0.39 is 23.4 Å². The number of rotatable bonds is 6. The molecule has 0 unspecified atom stereocenters. The Bertz CT molecular complexity index is 818. The van der Waals surface area contributed by atoms with Crippen LogP contribution in [0.5, 0.6) is 0 Å². The number of non-ortho nitro benzene ring substituents is 1. The number of nitro benzene ring substituents is 1. The Kier molecular flexibility index (Phi) is 6.25. The lowest BCUT2D eigenvalue weighted by Crippen LogP contribution is -2.20. The second-order valence-corrected chi connectivity index (χ2v) is 5.22. The zero-order valence-corrected chi connectivity index (χ0v) is 13.6. The maximum Gasteiger partial charge on any atom is 0.331 e. The third-order valence-electron chi connectivity index (χ3n) is 3.01. The maximum absolute atomic E-state index is 11.7. The SMILES string of the molecule is O=C(COC(=O)/C=C/c1ccccc1Cl)Nc1ccc([N+](=O)[O-])cc1. The van der Waals surface area contributed by atoms with Gasteiger partial charge in [0.1, 0.15) is 0 Å². The number of halogens is 1. The van der Waals surface area contributed by atoms with Crippen molar-refractivity contribution < 1.29 is 19.2 Å². The number of carbonyl (C=O) groups is 2. The maximum atomic E-state index is 11.7. The van der Waals surface area contributed by atoms with Crippen molar-refractivity contribution in [1.29, 1.82) is 0 Å². The molecule has 128 valence electrons. The van der Waals surface area contributed by atoms with Crippen molar-refractivity contribution in [2.75, 3.05) is 11.9 Å². The van der Waals surface area contributed by atoms with Gasteiger partial charge in [-0.2, -0.15) is 0 Å². The standard InChI is InChI=1S/C17H13ClN2O5/c18-15-4-2-1-3-12(15)5-10-17(22)25-11-16(21)19-13-6-8-14(9-7-13)20(23)24/h1-10H,11H2,(H,19,21)/b10-5+. The first-order valence-electron chi connectivity index (χ1n) is 7.09. The van der Waals surface area contributed by atoms with Gasteiger partial charge in [0.05, 0.1) is 4.92 Å². The van der Waals surface area contributed by atoms with Crippen LogP contribution in [0.15, 0.2) is 54.6 Å². The Morgan fingerprint density at radius 1 is 1.16 bits per heavy atom. The molecule has 0 aliphatic heterocycles. The van der Waals surface area contributed by atoms with Gasteiger partial charge in [0, 0.05) is 28.9 Å². The van der Waals surface area contributed by atoms with Crippen molar-refractivity contribution in [2.45, 2.75) is 0 Å². The van der Waals surface area contributed by atoms with Crippen molar-refractivity contribution in [3.05, 3.63) is 75.3 Å². The minimum atomic E-state index is -0.696. The monoisotopic (exact) mass is 360 g/mol. The summed E-state index contributed by atoms with van der Waals surface area (Å²) in [6, 6.07) is 12.2. The number of ether oxygens (including phenoxy) is 1. The van der Waals surface area contributed by atoms with Crippen LogP contribution in [0.4, 0.5) is 11.4 Å². The second kappa shape index (κ2) is 8.60. The smallest absolute Gasteiger partial charge is 0.331 e. The van der Waals surface area contributed by atoms with Gasteiger partial charge < -0.3 is 10.1 Å². The van der Waals surface area contributed by atoms with Gasteiger partial charge >= 0.3 is 5.97 Å². The van der Waals surface area contributed by atoms with Gasteiger partial charge in [0.2, 0.25) is 0 Å². The van der Waals surface area contributed by atoms with E-state index in [9.17, 15) is 19.7 Å². The number of nitro groups is 1. The summed E-state index contributed by atoms with van der Waals surface area (Å²) in [7, 11) is 0. The van der Waals surface area contributed by atoms with Crippen molar-refractivity contribution in [2.24, 2.45) is 0 Å². The van der Waals surface area contributed by atoms with Gasteiger partial charge in [0.25, 0.3) is 11.6 Å². The first kappa shape index (κ1) is 18.2. The van der Waals surface area contributed by atoms with Crippen LogP contribution in [0.3, 0.4) is 0 Å². The second-order valence-electron chi connectivity index (χ2n) is 4.81. The number of esters is 1. The molecule has 8 heteroatoms. The van der Waals surface area contributed by atoms with E-state index in [0.29, 0.717) is 16.3 Å². The van der Waals surface area contributed by atoms with E-state index in [1.807, 2.05) is 0 Å². The van der Waals surface area contributed by atoms with Crippen LogP contribution in [-0.4, -0.2) is 23.4 Å². The molecule has 0 fully saturated rings. The minimum absolute atomic E-state index is 0.0888. The molecular formula is C17H13ClN2O5. The van der Waals surface area contributed by atoms with Crippen LogP contribution in [0, 0.1) is 10.1 Å². The van der Waals surface area contributed by atoms with Crippen LogP contribution in [0.1, 0.15) is 5.56 Å². The zero-order chi connectivity index (χ0) is 18.2. The summed E-state index contributed by atoms with van der Waals surface area (Å²) in [6.45, 7) is -0.483. The Hall–Kier alpha value is -3.19. The number of carbonyl (C=O) groups excluding carboxylic acids is 2. The molecule has 0 heterocycles. The summed E-state index contributed by atoms with van der Waals surface area (Å²) in [4.78, 5) is 33.3. The fraction of sp³-hybridized carbons (Fsp3) is 0.0588. The molecule has 2 rings (SSSR count). The summed E-state index contributed by atoms with van der Waals surface area (Å²) >= 11 is 5.95. The summed E-state index contributed by atoms with van der Waals surface area (Å²) < 4.78 is 4.81. The molecule has 2 aromatic rings. The Balaban J connectivity index is 1.82. The number of hydrogen-bond acceptors (Lipinski definition) is 5. The van der Waals surface area contributed by atoms with E-state index in [-0.39, 0.29) is 5.69 Å². The lowest BCUT2D eigenvalue weighted by molar-refractivity contribution is -0.384.